The van der Waals surface area contributed by atoms with E-state index >= 15 is 0 Å². The molecule has 2 aromatic carbocycles. The molecule has 1 saturated carbocycles. The minimum atomic E-state index is -4.62. The normalized spacial score (nSPS) is 13.0. The molecule has 1 aliphatic carbocycles. The SMILES string of the molecule is Cc1ccc(C(=O)Nc2cc(-n3cnc(CN(C)C)c3)cc(C(F)(F)F)c2)cc1C#Cc1cnc(NC(=O)C2CC2)s1. The quantitative estimate of drug-likeness (QED) is 0.268. The molecule has 8 nitrogen and oxygen atoms in total. The standard InChI is InChI=1S/C30H27F3N6O2S/c1-18-4-5-21(10-20(18)8-9-26-14-34-29(42-26)37-27(40)19-6-7-19)28(41)36-23-11-22(30(31,32)33)12-25(13-23)39-16-24(35-17-39)15-38(2)3/h4-5,10-14,16-17,19H,6-7,15H2,1-3H3,(H,36,41)(H,34,37,40). The van der Waals surface area contributed by atoms with Gasteiger partial charge in [0.1, 0.15) is 0 Å². The molecule has 0 radical (unpaired) electrons. The zero-order valence-electron chi connectivity index (χ0n) is 23.0. The molecule has 2 amide bonds. The van der Waals surface area contributed by atoms with Crippen LogP contribution in [0.5, 0.6) is 0 Å². The average molecular weight is 593 g/mol. The molecule has 2 N–H and O–H groups in total. The fourth-order valence-electron chi connectivity index (χ4n) is 4.08. The number of thiazole rings is 1. The fourth-order valence-corrected chi connectivity index (χ4v) is 4.75. The first-order valence-electron chi connectivity index (χ1n) is 13.1. The molecule has 1 aliphatic rings. The van der Waals surface area contributed by atoms with Gasteiger partial charge >= 0.3 is 6.18 Å². The summed E-state index contributed by atoms with van der Waals surface area (Å²) < 4.78 is 42.7. The largest absolute Gasteiger partial charge is 0.416 e. The first kappa shape index (κ1) is 29.0. The molecule has 0 bridgehead atoms. The van der Waals surface area contributed by atoms with Crippen molar-refractivity contribution in [1.82, 2.24) is 19.4 Å². The van der Waals surface area contributed by atoms with E-state index in [4.69, 9.17) is 0 Å². The predicted molar refractivity (Wildman–Crippen MR) is 155 cm³/mol. The molecule has 0 atom stereocenters. The molecular weight excluding hydrogens is 565 g/mol. The number of aryl methyl sites for hydroxylation is 1. The second kappa shape index (κ2) is 11.8. The van der Waals surface area contributed by atoms with Gasteiger partial charge in [-0.1, -0.05) is 23.3 Å². The number of halogens is 3. The molecule has 1 fully saturated rings. The van der Waals surface area contributed by atoms with Crippen LogP contribution in [-0.2, 0) is 17.5 Å². The van der Waals surface area contributed by atoms with Crippen LogP contribution in [0.25, 0.3) is 5.69 Å². The molecule has 0 unspecified atom stereocenters. The molecule has 2 aromatic heterocycles. The number of nitrogens with one attached hydrogen (secondary N) is 2. The summed E-state index contributed by atoms with van der Waals surface area (Å²) in [5.41, 5.74) is 1.63. The van der Waals surface area contributed by atoms with Crippen molar-refractivity contribution in [3.8, 4) is 17.5 Å². The summed E-state index contributed by atoms with van der Waals surface area (Å²) >= 11 is 1.25. The van der Waals surface area contributed by atoms with Gasteiger partial charge in [0.15, 0.2) is 5.13 Å². The summed E-state index contributed by atoms with van der Waals surface area (Å²) in [5, 5.41) is 5.86. The Kier molecular flexibility index (Phi) is 8.15. The van der Waals surface area contributed by atoms with Crippen molar-refractivity contribution in [2.24, 2.45) is 5.92 Å². The lowest BCUT2D eigenvalue weighted by atomic mass is 10.0. The zero-order valence-corrected chi connectivity index (χ0v) is 23.9. The summed E-state index contributed by atoms with van der Waals surface area (Å²) in [6.07, 6.45) is 1.83. The molecule has 0 aliphatic heterocycles. The number of nitrogens with zero attached hydrogens (tertiary/aromatic N) is 4. The highest BCUT2D eigenvalue weighted by atomic mass is 32.1. The number of carbonyl (C=O) groups is 2. The Hall–Kier alpha value is -4.47. The molecule has 5 rings (SSSR count). The molecule has 0 spiro atoms. The van der Waals surface area contributed by atoms with Crippen molar-refractivity contribution >= 4 is 34.0 Å². The van der Waals surface area contributed by atoms with E-state index in [1.165, 1.54) is 28.3 Å². The third-order valence-electron chi connectivity index (χ3n) is 6.42. The van der Waals surface area contributed by atoms with E-state index in [1.807, 2.05) is 25.9 Å². The first-order chi connectivity index (χ1) is 19.9. The van der Waals surface area contributed by atoms with E-state index in [-0.39, 0.29) is 28.8 Å². The maximum absolute atomic E-state index is 13.7. The van der Waals surface area contributed by atoms with E-state index in [9.17, 15) is 22.8 Å². The van der Waals surface area contributed by atoms with Crippen LogP contribution in [0.1, 0.15) is 50.5 Å². The number of imidazole rings is 1. The number of benzene rings is 2. The maximum atomic E-state index is 13.7. The predicted octanol–water partition coefficient (Wildman–Crippen LogP) is 5.72. The van der Waals surface area contributed by atoms with Crippen LogP contribution < -0.4 is 10.6 Å². The van der Waals surface area contributed by atoms with E-state index in [0.717, 1.165) is 30.5 Å². The van der Waals surface area contributed by atoms with Gasteiger partial charge in [-0.2, -0.15) is 13.2 Å². The minimum Gasteiger partial charge on any atom is -0.322 e. The van der Waals surface area contributed by atoms with Crippen molar-refractivity contribution in [1.29, 1.82) is 0 Å². The number of amides is 2. The smallest absolute Gasteiger partial charge is 0.322 e. The van der Waals surface area contributed by atoms with Crippen molar-refractivity contribution < 1.29 is 22.8 Å². The highest BCUT2D eigenvalue weighted by Gasteiger charge is 2.32. The Morgan fingerprint density at radius 3 is 2.60 bits per heavy atom. The van der Waals surface area contributed by atoms with Crippen LogP contribution in [0.3, 0.4) is 0 Å². The van der Waals surface area contributed by atoms with Gasteiger partial charge in [0.05, 0.1) is 28.7 Å². The van der Waals surface area contributed by atoms with Crippen molar-refractivity contribution in [2.75, 3.05) is 24.7 Å². The van der Waals surface area contributed by atoms with Crippen LogP contribution in [0.2, 0.25) is 0 Å². The third kappa shape index (κ3) is 7.23. The van der Waals surface area contributed by atoms with Crippen LogP contribution >= 0.6 is 11.3 Å². The number of alkyl halides is 3. The molecule has 42 heavy (non-hydrogen) atoms. The molecule has 4 aromatic rings. The summed E-state index contributed by atoms with van der Waals surface area (Å²) in [4.78, 5) is 36.1. The Bertz CT molecular complexity index is 1710. The van der Waals surface area contributed by atoms with E-state index in [2.05, 4.69) is 32.4 Å². The highest BCUT2D eigenvalue weighted by Crippen LogP contribution is 2.33. The van der Waals surface area contributed by atoms with Crippen molar-refractivity contribution in [3.05, 3.63) is 87.9 Å². The van der Waals surface area contributed by atoms with Gasteiger partial charge in [-0.3, -0.25) is 9.59 Å². The van der Waals surface area contributed by atoms with Crippen LogP contribution in [0.15, 0.2) is 55.1 Å². The van der Waals surface area contributed by atoms with Gasteiger partial charge in [-0.15, -0.1) is 0 Å². The summed E-state index contributed by atoms with van der Waals surface area (Å²) in [6.45, 7) is 2.36. The Morgan fingerprint density at radius 2 is 1.88 bits per heavy atom. The van der Waals surface area contributed by atoms with E-state index < -0.39 is 17.6 Å². The van der Waals surface area contributed by atoms with Gasteiger partial charge < -0.3 is 20.1 Å². The first-order valence-corrected chi connectivity index (χ1v) is 13.9. The average Bonchev–Trinajstić information content (AvgIpc) is 3.53. The second-order valence-electron chi connectivity index (χ2n) is 10.3. The number of hydrogen-bond donors (Lipinski definition) is 2. The van der Waals surface area contributed by atoms with Gasteiger partial charge in [0.2, 0.25) is 5.91 Å². The lowest BCUT2D eigenvalue weighted by Gasteiger charge is -2.14. The number of aromatic nitrogens is 3. The Balaban J connectivity index is 1.35. The van der Waals surface area contributed by atoms with Crippen LogP contribution in [-0.4, -0.2) is 45.3 Å². The zero-order chi connectivity index (χ0) is 30.0. The van der Waals surface area contributed by atoms with Crippen LogP contribution in [0.4, 0.5) is 24.0 Å². The van der Waals surface area contributed by atoms with Gasteiger partial charge in [-0.25, -0.2) is 9.97 Å². The topological polar surface area (TPSA) is 92.2 Å². The monoisotopic (exact) mass is 592 g/mol. The number of hydrogen-bond acceptors (Lipinski definition) is 6. The summed E-state index contributed by atoms with van der Waals surface area (Å²) in [6, 6.07) is 8.28. The molecule has 216 valence electrons. The second-order valence-corrected chi connectivity index (χ2v) is 11.3. The maximum Gasteiger partial charge on any atom is 0.416 e. The number of carbonyl (C=O) groups excluding carboxylic acids is 2. The summed E-state index contributed by atoms with van der Waals surface area (Å²) in [7, 11) is 3.73. The molecular formula is C30H27F3N6O2S. The molecule has 0 saturated heterocycles. The van der Waals surface area contributed by atoms with Gasteiger partial charge in [-0.05, 0) is 75.7 Å². The number of rotatable bonds is 7. The highest BCUT2D eigenvalue weighted by molar-refractivity contribution is 7.16. The van der Waals surface area contributed by atoms with Crippen molar-refractivity contribution in [3.63, 3.8) is 0 Å². The fraction of sp³-hybridized carbons (Fsp3) is 0.267. The van der Waals surface area contributed by atoms with Crippen molar-refractivity contribution in [2.45, 2.75) is 32.5 Å². The Morgan fingerprint density at radius 1 is 1.10 bits per heavy atom. The van der Waals surface area contributed by atoms with Gasteiger partial charge in [0, 0.05) is 41.2 Å². The Labute approximate surface area is 244 Å². The number of anilines is 2. The lowest BCUT2D eigenvalue weighted by Crippen LogP contribution is -2.14. The van der Waals surface area contributed by atoms with E-state index in [0.29, 0.717) is 27.8 Å². The van der Waals surface area contributed by atoms with E-state index in [1.54, 1.807) is 30.6 Å². The molecule has 2 heterocycles. The lowest BCUT2D eigenvalue weighted by molar-refractivity contribution is -0.137. The third-order valence-corrected chi connectivity index (χ3v) is 7.25. The summed E-state index contributed by atoms with van der Waals surface area (Å²) in [5.74, 6) is 5.49. The molecule has 12 heteroatoms. The van der Waals surface area contributed by atoms with Gasteiger partial charge in [0.25, 0.3) is 5.91 Å². The van der Waals surface area contributed by atoms with Crippen LogP contribution in [0, 0.1) is 24.7 Å². The minimum absolute atomic E-state index is 0.00803.